The Balaban J connectivity index is 1.52. The Morgan fingerprint density at radius 1 is 0.903 bits per heavy atom. The summed E-state index contributed by atoms with van der Waals surface area (Å²) < 4.78 is 5.67. The van der Waals surface area contributed by atoms with Gasteiger partial charge in [0.25, 0.3) is 5.91 Å². The lowest BCUT2D eigenvalue weighted by molar-refractivity contribution is -0.119. The van der Waals surface area contributed by atoms with Crippen LogP contribution < -0.4 is 5.32 Å². The van der Waals surface area contributed by atoms with Gasteiger partial charge in [0.05, 0.1) is 21.8 Å². The first-order valence-corrected chi connectivity index (χ1v) is 10.3. The van der Waals surface area contributed by atoms with Crippen LogP contribution >= 0.6 is 27.5 Å². The minimum Gasteiger partial charge on any atom is -0.452 e. The van der Waals surface area contributed by atoms with Crippen molar-refractivity contribution in [3.8, 4) is 0 Å². The van der Waals surface area contributed by atoms with E-state index in [9.17, 15) is 19.2 Å². The van der Waals surface area contributed by atoms with Gasteiger partial charge in [0, 0.05) is 21.2 Å². The Morgan fingerprint density at radius 2 is 1.58 bits per heavy atom. The van der Waals surface area contributed by atoms with E-state index in [1.54, 1.807) is 36.4 Å². The Labute approximate surface area is 190 Å². The zero-order chi connectivity index (χ0) is 22.1. The molecule has 1 amide bonds. The van der Waals surface area contributed by atoms with Crippen molar-refractivity contribution in [2.24, 2.45) is 0 Å². The van der Waals surface area contributed by atoms with Crippen molar-refractivity contribution >= 4 is 56.7 Å². The number of ketones is 2. The number of carbonyl (C=O) groups excluding carboxylic acids is 4. The number of halogens is 2. The molecule has 0 aromatic heterocycles. The summed E-state index contributed by atoms with van der Waals surface area (Å²) >= 11 is 9.24. The number of nitrogens with one attached hydrogen (secondary N) is 1. The lowest BCUT2D eigenvalue weighted by Gasteiger charge is -2.20. The molecule has 0 fully saturated rings. The number of amides is 1. The molecule has 1 N–H and O–H groups in total. The van der Waals surface area contributed by atoms with Gasteiger partial charge in [-0.3, -0.25) is 14.4 Å². The Hall–Kier alpha value is -3.29. The molecule has 0 aliphatic heterocycles. The summed E-state index contributed by atoms with van der Waals surface area (Å²) in [7, 11) is 0. The maximum atomic E-state index is 13.0. The summed E-state index contributed by atoms with van der Waals surface area (Å²) in [6.07, 6.45) is 0. The van der Waals surface area contributed by atoms with Gasteiger partial charge < -0.3 is 10.1 Å². The summed E-state index contributed by atoms with van der Waals surface area (Å²) in [6, 6.07) is 15.8. The van der Waals surface area contributed by atoms with Gasteiger partial charge in [0.15, 0.2) is 18.2 Å². The summed E-state index contributed by atoms with van der Waals surface area (Å²) in [5.41, 5.74) is 1.20. The van der Waals surface area contributed by atoms with E-state index in [4.69, 9.17) is 16.3 Å². The molecule has 0 unspecified atom stereocenters. The molecule has 4 rings (SSSR count). The van der Waals surface area contributed by atoms with Crippen LogP contribution in [0.4, 0.5) is 5.69 Å². The Morgan fingerprint density at radius 3 is 2.32 bits per heavy atom. The second-order valence-corrected chi connectivity index (χ2v) is 8.00. The Bertz CT molecular complexity index is 1270. The van der Waals surface area contributed by atoms with Crippen molar-refractivity contribution in [2.75, 3.05) is 11.9 Å². The first-order chi connectivity index (χ1) is 14.9. The standard InChI is InChI=1S/C23H13BrClNO5/c24-12-8-9-17(25)16(10-12)23(30)31-11-19(27)26-18-7-3-6-15-20(18)22(29)14-5-2-1-4-13(14)21(15)28/h1-10H,11H2,(H,26,27). The third kappa shape index (κ3) is 4.02. The van der Waals surface area contributed by atoms with Gasteiger partial charge in [-0.2, -0.15) is 0 Å². The number of rotatable bonds is 4. The number of esters is 1. The number of carbonyl (C=O) groups is 4. The quantitative estimate of drug-likeness (QED) is 0.413. The molecule has 0 heterocycles. The Kier molecular flexibility index (Phi) is 5.71. The van der Waals surface area contributed by atoms with Crippen LogP contribution in [0.1, 0.15) is 42.2 Å². The number of benzene rings is 3. The molecule has 8 heteroatoms. The zero-order valence-corrected chi connectivity index (χ0v) is 18.1. The molecule has 3 aromatic carbocycles. The molecule has 0 saturated carbocycles. The monoisotopic (exact) mass is 497 g/mol. The smallest absolute Gasteiger partial charge is 0.340 e. The molecule has 0 saturated heterocycles. The first kappa shape index (κ1) is 21.0. The maximum Gasteiger partial charge on any atom is 0.340 e. The number of hydrogen-bond donors (Lipinski definition) is 1. The average molecular weight is 499 g/mol. The molecular formula is C23H13BrClNO5. The highest BCUT2D eigenvalue weighted by Crippen LogP contribution is 2.32. The van der Waals surface area contributed by atoms with Gasteiger partial charge in [-0.05, 0) is 24.3 Å². The molecule has 0 spiro atoms. The van der Waals surface area contributed by atoms with E-state index in [0.717, 1.165) is 0 Å². The van der Waals surface area contributed by atoms with Crippen molar-refractivity contribution in [3.63, 3.8) is 0 Å². The summed E-state index contributed by atoms with van der Waals surface area (Å²) in [4.78, 5) is 50.4. The van der Waals surface area contributed by atoms with Crippen LogP contribution in [0.3, 0.4) is 0 Å². The van der Waals surface area contributed by atoms with Crippen LogP contribution in [-0.4, -0.2) is 30.0 Å². The lowest BCUT2D eigenvalue weighted by Crippen LogP contribution is -2.26. The molecule has 1 aliphatic rings. The number of hydrogen-bond acceptors (Lipinski definition) is 5. The van der Waals surface area contributed by atoms with E-state index in [2.05, 4.69) is 21.2 Å². The molecule has 154 valence electrons. The number of anilines is 1. The van der Waals surface area contributed by atoms with E-state index in [1.807, 2.05) is 0 Å². The molecule has 1 aliphatic carbocycles. The lowest BCUT2D eigenvalue weighted by atomic mass is 9.83. The maximum absolute atomic E-state index is 13.0. The predicted molar refractivity (Wildman–Crippen MR) is 118 cm³/mol. The van der Waals surface area contributed by atoms with Crippen molar-refractivity contribution < 1.29 is 23.9 Å². The largest absolute Gasteiger partial charge is 0.452 e. The minimum atomic E-state index is -0.767. The van der Waals surface area contributed by atoms with Gasteiger partial charge in [0.2, 0.25) is 0 Å². The number of ether oxygens (including phenoxy) is 1. The van der Waals surface area contributed by atoms with Crippen molar-refractivity contribution in [2.45, 2.75) is 0 Å². The molecular weight excluding hydrogens is 486 g/mol. The van der Waals surface area contributed by atoms with Gasteiger partial charge in [-0.25, -0.2) is 4.79 Å². The first-order valence-electron chi connectivity index (χ1n) is 9.10. The van der Waals surface area contributed by atoms with E-state index < -0.39 is 18.5 Å². The van der Waals surface area contributed by atoms with E-state index >= 15 is 0 Å². The fourth-order valence-corrected chi connectivity index (χ4v) is 3.85. The van der Waals surface area contributed by atoms with Crippen LogP contribution in [0.2, 0.25) is 5.02 Å². The van der Waals surface area contributed by atoms with Gasteiger partial charge >= 0.3 is 5.97 Å². The summed E-state index contributed by atoms with van der Waals surface area (Å²) in [5.74, 6) is -2.08. The highest BCUT2D eigenvalue weighted by Gasteiger charge is 2.31. The zero-order valence-electron chi connectivity index (χ0n) is 15.8. The third-order valence-electron chi connectivity index (χ3n) is 4.71. The van der Waals surface area contributed by atoms with Crippen LogP contribution in [0.25, 0.3) is 0 Å². The molecule has 31 heavy (non-hydrogen) atoms. The highest BCUT2D eigenvalue weighted by atomic mass is 79.9. The van der Waals surface area contributed by atoms with Crippen LogP contribution in [0.15, 0.2) is 65.1 Å². The topological polar surface area (TPSA) is 89.5 Å². The molecule has 0 bridgehead atoms. The fraction of sp³-hybridized carbons (Fsp3) is 0.0435. The number of fused-ring (bicyclic) bond motifs is 2. The second-order valence-electron chi connectivity index (χ2n) is 6.68. The van der Waals surface area contributed by atoms with E-state index in [0.29, 0.717) is 10.0 Å². The summed E-state index contributed by atoms with van der Waals surface area (Å²) in [6.45, 7) is -0.593. The minimum absolute atomic E-state index is 0.110. The third-order valence-corrected chi connectivity index (χ3v) is 5.53. The van der Waals surface area contributed by atoms with Crippen molar-refractivity contribution in [1.82, 2.24) is 0 Å². The normalized spacial score (nSPS) is 12.1. The van der Waals surface area contributed by atoms with Crippen molar-refractivity contribution in [3.05, 3.63) is 98.0 Å². The van der Waals surface area contributed by atoms with Crippen molar-refractivity contribution in [1.29, 1.82) is 0 Å². The van der Waals surface area contributed by atoms with Gasteiger partial charge in [0.1, 0.15) is 0 Å². The fourth-order valence-electron chi connectivity index (χ4n) is 3.30. The average Bonchev–Trinajstić information content (AvgIpc) is 2.77. The molecule has 0 atom stereocenters. The van der Waals surface area contributed by atoms with Gasteiger partial charge in [-0.1, -0.05) is 63.9 Å². The van der Waals surface area contributed by atoms with Crippen LogP contribution in [-0.2, 0) is 9.53 Å². The van der Waals surface area contributed by atoms with Crippen LogP contribution in [0.5, 0.6) is 0 Å². The summed E-state index contributed by atoms with van der Waals surface area (Å²) in [5, 5.41) is 2.74. The molecule has 0 radical (unpaired) electrons. The SMILES string of the molecule is O=C(COC(=O)c1cc(Br)ccc1Cl)Nc1cccc2c1C(=O)c1ccccc1C2=O. The van der Waals surface area contributed by atoms with E-state index in [1.165, 1.54) is 24.3 Å². The van der Waals surface area contributed by atoms with Crippen LogP contribution in [0, 0.1) is 0 Å². The van der Waals surface area contributed by atoms with Gasteiger partial charge in [-0.15, -0.1) is 0 Å². The molecule has 6 nitrogen and oxygen atoms in total. The van der Waals surface area contributed by atoms with E-state index in [-0.39, 0.29) is 44.5 Å². The predicted octanol–water partition coefficient (Wildman–Crippen LogP) is 4.67. The second kappa shape index (κ2) is 8.45. The molecule has 3 aromatic rings. The highest BCUT2D eigenvalue weighted by molar-refractivity contribution is 9.10.